The van der Waals surface area contributed by atoms with E-state index in [0.717, 1.165) is 57.1 Å². The van der Waals surface area contributed by atoms with Gasteiger partial charge in [-0.25, -0.2) is 0 Å². The number of aryl methyl sites for hydroxylation is 7. The molecule has 19 unspecified atom stereocenters. The van der Waals surface area contributed by atoms with Crippen molar-refractivity contribution in [1.29, 1.82) is 0 Å². The third-order valence-electron chi connectivity index (χ3n) is 33.0. The number of anilines is 9. The Morgan fingerprint density at radius 1 is 0.231 bits per heavy atom. The SMILES string of the molecule is CC1N(C)C2CC(c3ccccc32)N1c1cccn1C.CC1N(C)C2CCC(C2)N1c1cccn1C.CC1N2CC(Cc3ccccc32)N1c1cccn1C.CC1N2CCC(Cc3ccccc32)N1c1cccn1C.CC1N2CCC(c3ccccc3C2)N1c1cccn1C.CC1N2CCCC(CC2)N1c1cccn1C.CC1N2Cc3ccccc3C(C2)N1c1cccn1C. The number of nitrogens with zero attached hydrogens (tertiary/aromatic N) is 21. The van der Waals surface area contributed by atoms with Gasteiger partial charge in [0.15, 0.2) is 0 Å². The minimum Gasteiger partial charge on any atom is -0.351 e. The third-order valence-corrected chi connectivity index (χ3v) is 33.0. The lowest BCUT2D eigenvalue weighted by Gasteiger charge is -2.46. The average molecular weight is 1750 g/mol. The smallest absolute Gasteiger partial charge is 0.110 e. The van der Waals surface area contributed by atoms with Crippen molar-refractivity contribution in [2.75, 3.05) is 97.5 Å². The summed E-state index contributed by atoms with van der Waals surface area (Å²) in [7, 11) is 19.5. The van der Waals surface area contributed by atoms with Crippen LogP contribution in [0.2, 0.25) is 0 Å². The van der Waals surface area contributed by atoms with Crippen LogP contribution in [0, 0.1) is 0 Å². The number of benzene rings is 5. The van der Waals surface area contributed by atoms with Crippen molar-refractivity contribution in [3.05, 3.63) is 294 Å². The van der Waals surface area contributed by atoms with Gasteiger partial charge in [0.05, 0.1) is 55.0 Å². The van der Waals surface area contributed by atoms with E-state index >= 15 is 0 Å². The topological polar surface area (TPSA) is 79.9 Å². The summed E-state index contributed by atoms with van der Waals surface area (Å²) in [4.78, 5) is 36.0. The number of hydrogen-bond donors (Lipinski definition) is 0. The molecule has 9 saturated heterocycles. The fourth-order valence-electron chi connectivity index (χ4n) is 25.9. The van der Waals surface area contributed by atoms with E-state index in [4.69, 9.17) is 0 Å². The van der Waals surface area contributed by atoms with Crippen molar-refractivity contribution < 1.29 is 0 Å². The van der Waals surface area contributed by atoms with Gasteiger partial charge in [-0.05, 0) is 275 Å². The van der Waals surface area contributed by atoms with Gasteiger partial charge in [-0.15, -0.1) is 0 Å². The van der Waals surface area contributed by atoms with Gasteiger partial charge < -0.3 is 76.1 Å². The van der Waals surface area contributed by atoms with Crippen LogP contribution in [0.5, 0.6) is 0 Å². The van der Waals surface area contributed by atoms with Crippen molar-refractivity contribution in [1.82, 2.24) is 56.5 Å². The summed E-state index contributed by atoms with van der Waals surface area (Å²) in [6.45, 7) is 25.7. The van der Waals surface area contributed by atoms with E-state index in [1.807, 2.05) is 0 Å². The first-order valence-corrected chi connectivity index (χ1v) is 49.0. The van der Waals surface area contributed by atoms with Gasteiger partial charge in [-0.3, -0.25) is 24.5 Å². The highest BCUT2D eigenvalue weighted by molar-refractivity contribution is 5.65. The van der Waals surface area contributed by atoms with Gasteiger partial charge in [0, 0.05) is 187 Å². The summed E-state index contributed by atoms with van der Waals surface area (Å²) in [5.41, 5.74) is 14.9. The Kier molecular flexibility index (Phi) is 24.3. The molecule has 5 aromatic carbocycles. The predicted molar refractivity (Wildman–Crippen MR) is 535 cm³/mol. The molecule has 21 heteroatoms. The maximum atomic E-state index is 2.62. The lowest BCUT2D eigenvalue weighted by Crippen LogP contribution is -2.56. The monoisotopic (exact) mass is 1750 g/mol. The van der Waals surface area contributed by atoms with Crippen LogP contribution in [0.3, 0.4) is 0 Å². The van der Waals surface area contributed by atoms with Gasteiger partial charge in [0.1, 0.15) is 53.1 Å². The minimum absolute atomic E-state index is 0.416. The fraction of sp³-hybridized carbons (Fsp3) is 0.468. The molecular weight excluding hydrogens is 1600 g/mol. The molecule has 0 radical (unpaired) electrons. The molecule has 0 N–H and O–H groups in total. The highest BCUT2D eigenvalue weighted by Gasteiger charge is 2.49. The summed E-state index contributed by atoms with van der Waals surface area (Å²) in [6.07, 6.45) is 32.3. The zero-order chi connectivity index (χ0) is 89.6. The van der Waals surface area contributed by atoms with Crippen LogP contribution in [0.15, 0.2) is 250 Å². The Morgan fingerprint density at radius 3 is 1.14 bits per heavy atom. The summed E-state index contributed by atoms with van der Waals surface area (Å²) in [5.74, 6) is 9.35. The van der Waals surface area contributed by atoms with E-state index in [1.54, 1.807) is 0 Å². The summed E-state index contributed by atoms with van der Waals surface area (Å²) in [6, 6.07) is 80.8. The Morgan fingerprint density at radius 2 is 0.608 bits per heavy atom. The van der Waals surface area contributed by atoms with E-state index in [0.29, 0.717) is 79.4 Å². The van der Waals surface area contributed by atoms with Gasteiger partial charge in [-0.2, -0.15) is 0 Å². The van der Waals surface area contributed by atoms with Crippen LogP contribution < -0.4 is 44.1 Å². The normalized spacial score (nSPS) is 28.8. The predicted octanol–water partition coefficient (Wildman–Crippen LogP) is 18.9. The number of rotatable bonds is 7. The first-order chi connectivity index (χ1) is 63.2. The molecule has 15 aliphatic heterocycles. The van der Waals surface area contributed by atoms with Crippen LogP contribution in [-0.4, -0.2) is 183 Å². The van der Waals surface area contributed by atoms with Crippen molar-refractivity contribution in [2.24, 2.45) is 49.3 Å². The second-order valence-corrected chi connectivity index (χ2v) is 39.8. The lowest BCUT2D eigenvalue weighted by atomic mass is 9.97. The first kappa shape index (κ1) is 87.1. The Labute approximate surface area is 774 Å². The summed E-state index contributed by atoms with van der Waals surface area (Å²) in [5, 5.41) is 0. The number of para-hydroxylation sites is 2. The standard InChI is InChI=1S/3C17H21N3.2C16H19N3.2C13H21N3/c1-12-19(3)15-11-16(14-8-5-4-7-13(14)15)20(12)17-9-6-10-18(17)2;1-13-19-11-9-15(12-14-6-3-4-7-16(14)19)20(13)17-8-5-10-18(17)2;1-13-19-11-9-16(15-7-4-3-6-14(15)12-19)20(13)17-8-5-10-18(17)2;1-12-18-11-14(10-13-6-3-4-7-15(13)18)19(12)16-8-5-9-17(16)2;1-12-18-10-13-6-3-4-7-14(13)15(11-18)19(12)16-8-5-9-17(16)2;1-10-15(3)11-6-7-12(9-11)16(10)13-5-4-8-14(13)2;1-11-15-9-3-5-12(7-10-15)16(11)13-6-4-8-14(13)2/h4-10,12,15-16H,11H2,1-3H3;3-8,10,13,15H,9,11-12H2,1-2H3;3-8,10,13,16H,9,11-12H2,1-2H3;3-9,12,14H,10-11H2,1-2H3;3-9,12,15H,10-11H2,1-2H3;4-5,8,10-12H,6-7,9H2,1-3H3;4,6,8,11-12H,3,5,7,9-10H2,1-2H3. The van der Waals surface area contributed by atoms with Gasteiger partial charge in [0.25, 0.3) is 0 Å². The maximum Gasteiger partial charge on any atom is 0.110 e. The van der Waals surface area contributed by atoms with Crippen molar-refractivity contribution in [2.45, 2.75) is 230 Å². The molecule has 0 spiro atoms. The molecule has 1 saturated carbocycles. The van der Waals surface area contributed by atoms with Crippen molar-refractivity contribution >= 4 is 52.1 Å². The molecule has 130 heavy (non-hydrogen) atoms. The molecule has 19 atom stereocenters. The summed E-state index contributed by atoms with van der Waals surface area (Å²) < 4.78 is 15.6. The van der Waals surface area contributed by atoms with E-state index < -0.39 is 0 Å². The minimum atomic E-state index is 0.416. The molecule has 12 aromatic rings. The molecule has 29 rings (SSSR count). The zero-order valence-electron chi connectivity index (χ0n) is 80.2. The second-order valence-electron chi connectivity index (χ2n) is 39.8. The van der Waals surface area contributed by atoms with Crippen molar-refractivity contribution in [3.8, 4) is 0 Å². The van der Waals surface area contributed by atoms with E-state index in [2.05, 4.69) is 462 Å². The van der Waals surface area contributed by atoms with Crippen LogP contribution in [-0.2, 0) is 75.3 Å². The van der Waals surface area contributed by atoms with Crippen LogP contribution in [0.4, 0.5) is 52.1 Å². The number of hydrogen-bond acceptors (Lipinski definition) is 14. The highest BCUT2D eigenvalue weighted by Crippen LogP contribution is 2.53. The van der Waals surface area contributed by atoms with Crippen LogP contribution >= 0.6 is 0 Å². The van der Waals surface area contributed by atoms with E-state index in [1.165, 1.54) is 181 Å². The van der Waals surface area contributed by atoms with Gasteiger partial charge in [0.2, 0.25) is 0 Å². The Balaban J connectivity index is 0.0000000950. The largest absolute Gasteiger partial charge is 0.351 e. The first-order valence-electron chi connectivity index (χ1n) is 49.0. The molecule has 0 amide bonds. The van der Waals surface area contributed by atoms with Gasteiger partial charge in [-0.1, -0.05) is 109 Å². The maximum absolute atomic E-state index is 2.62. The molecule has 22 heterocycles. The Bertz CT molecular complexity index is 5750. The third kappa shape index (κ3) is 15.8. The summed E-state index contributed by atoms with van der Waals surface area (Å²) >= 11 is 0. The molecule has 21 nitrogen and oxygen atoms in total. The highest BCUT2D eigenvalue weighted by atomic mass is 15.5. The van der Waals surface area contributed by atoms with Crippen molar-refractivity contribution in [3.63, 3.8) is 0 Å². The van der Waals surface area contributed by atoms with Crippen LogP contribution in [0.1, 0.15) is 175 Å². The molecular formula is C109H143N21. The van der Waals surface area contributed by atoms with E-state index in [9.17, 15) is 0 Å². The van der Waals surface area contributed by atoms with E-state index in [-0.39, 0.29) is 0 Å². The molecule has 17 aliphatic rings. The number of fused-ring (bicyclic) bond motifs is 23. The molecule has 7 aromatic heterocycles. The zero-order valence-corrected chi connectivity index (χ0v) is 80.2. The molecule has 684 valence electrons. The lowest BCUT2D eigenvalue weighted by molar-refractivity contribution is 0.130. The van der Waals surface area contributed by atoms with Gasteiger partial charge >= 0.3 is 0 Å². The molecule has 10 fully saturated rings. The molecule has 14 bridgehead atoms. The van der Waals surface area contributed by atoms with Crippen LogP contribution in [0.25, 0.3) is 0 Å². The average Bonchev–Trinajstić information content (AvgIpc) is 1.57. The number of aromatic nitrogens is 7. The molecule has 2 aliphatic carbocycles. The second kappa shape index (κ2) is 36.3. The Hall–Kier alpha value is -10.9. The fourth-order valence-corrected chi connectivity index (χ4v) is 25.9. The quantitative estimate of drug-likeness (QED) is 0.152.